The number of hydrogen-bond donors (Lipinski definition) is 2. The molecule has 0 bridgehead atoms. The van der Waals surface area contributed by atoms with E-state index in [1.165, 1.54) is 12.1 Å². The molecule has 0 unspecified atom stereocenters. The topological polar surface area (TPSA) is 69.6 Å². The van der Waals surface area contributed by atoms with Crippen molar-refractivity contribution in [3.63, 3.8) is 0 Å². The van der Waals surface area contributed by atoms with Crippen molar-refractivity contribution in [2.45, 2.75) is 25.4 Å². The second kappa shape index (κ2) is 7.95. The molecule has 2 rings (SSSR count). The molecule has 1 saturated heterocycles. The van der Waals surface area contributed by atoms with Gasteiger partial charge in [0.2, 0.25) is 5.91 Å². The lowest BCUT2D eigenvalue weighted by Gasteiger charge is -2.20. The van der Waals surface area contributed by atoms with E-state index in [9.17, 15) is 14.0 Å². The van der Waals surface area contributed by atoms with Crippen molar-refractivity contribution < 1.29 is 19.1 Å². The van der Waals surface area contributed by atoms with E-state index in [2.05, 4.69) is 5.32 Å². The first kappa shape index (κ1) is 17.4. The molecule has 5 nitrogen and oxygen atoms in total. The minimum absolute atomic E-state index is 0. The van der Waals surface area contributed by atoms with E-state index in [1.54, 1.807) is 17.0 Å². The largest absolute Gasteiger partial charge is 0.480 e. The van der Waals surface area contributed by atoms with Crippen LogP contribution in [0.4, 0.5) is 4.39 Å². The van der Waals surface area contributed by atoms with Gasteiger partial charge >= 0.3 is 5.97 Å². The summed E-state index contributed by atoms with van der Waals surface area (Å²) in [5.74, 6) is -1.42. The van der Waals surface area contributed by atoms with Crippen molar-refractivity contribution in [1.29, 1.82) is 0 Å². The van der Waals surface area contributed by atoms with Gasteiger partial charge in [-0.25, -0.2) is 4.39 Å². The minimum atomic E-state index is -0.881. The summed E-state index contributed by atoms with van der Waals surface area (Å²) in [7, 11) is 0. The molecule has 1 aromatic rings. The maximum absolute atomic E-state index is 12.7. The molecule has 1 aliphatic heterocycles. The zero-order valence-electron chi connectivity index (χ0n) is 11.4. The molecule has 1 aliphatic rings. The quantitative estimate of drug-likeness (QED) is 0.862. The smallest absolute Gasteiger partial charge is 0.320 e. The fourth-order valence-electron chi connectivity index (χ4n) is 2.34. The lowest BCUT2D eigenvalue weighted by Crippen LogP contribution is -2.42. The third kappa shape index (κ3) is 4.99. The summed E-state index contributed by atoms with van der Waals surface area (Å²) in [5.41, 5.74) is 0.802. The number of halogens is 2. The second-order valence-electron chi connectivity index (χ2n) is 4.87. The average molecular weight is 317 g/mol. The van der Waals surface area contributed by atoms with Crippen LogP contribution >= 0.6 is 12.4 Å². The van der Waals surface area contributed by atoms with E-state index in [0.717, 1.165) is 12.0 Å². The van der Waals surface area contributed by atoms with Gasteiger partial charge in [-0.15, -0.1) is 12.4 Å². The third-order valence-corrected chi connectivity index (χ3v) is 3.40. The third-order valence-electron chi connectivity index (χ3n) is 3.40. The van der Waals surface area contributed by atoms with Crippen LogP contribution in [0.25, 0.3) is 0 Å². The minimum Gasteiger partial charge on any atom is -0.480 e. The van der Waals surface area contributed by atoms with Crippen LogP contribution in [0.3, 0.4) is 0 Å². The first-order chi connectivity index (χ1) is 9.56. The number of aliphatic carboxylic acids is 1. The van der Waals surface area contributed by atoms with E-state index in [1.807, 2.05) is 0 Å². The Morgan fingerprint density at radius 2 is 2.00 bits per heavy atom. The van der Waals surface area contributed by atoms with Crippen molar-refractivity contribution in [2.75, 3.05) is 13.1 Å². The van der Waals surface area contributed by atoms with Crippen molar-refractivity contribution in [2.24, 2.45) is 0 Å². The van der Waals surface area contributed by atoms with Gasteiger partial charge in [-0.1, -0.05) is 12.1 Å². The summed E-state index contributed by atoms with van der Waals surface area (Å²) >= 11 is 0. The number of carbonyl (C=O) groups excluding carboxylic acids is 1. The summed E-state index contributed by atoms with van der Waals surface area (Å²) in [6, 6.07) is 5.31. The second-order valence-corrected chi connectivity index (χ2v) is 4.87. The number of benzene rings is 1. The zero-order valence-corrected chi connectivity index (χ0v) is 12.2. The molecular weight excluding hydrogens is 299 g/mol. The molecule has 116 valence electrons. The molecule has 1 amide bonds. The van der Waals surface area contributed by atoms with E-state index in [4.69, 9.17) is 5.11 Å². The van der Waals surface area contributed by atoms with Crippen LogP contribution in [0.2, 0.25) is 0 Å². The first-order valence-electron chi connectivity index (χ1n) is 6.54. The van der Waals surface area contributed by atoms with E-state index < -0.39 is 12.0 Å². The summed E-state index contributed by atoms with van der Waals surface area (Å²) in [5, 5.41) is 11.7. The van der Waals surface area contributed by atoms with Crippen LogP contribution in [-0.4, -0.2) is 41.0 Å². The number of hydrogen-bond acceptors (Lipinski definition) is 3. The van der Waals surface area contributed by atoms with E-state index in [0.29, 0.717) is 19.5 Å². The summed E-state index contributed by atoms with van der Waals surface area (Å²) in [6.45, 7) is 1.02. The molecule has 0 aliphatic carbocycles. The number of carboxylic acid groups (broad SMARTS) is 1. The van der Waals surface area contributed by atoms with Crippen LogP contribution < -0.4 is 5.32 Å². The van der Waals surface area contributed by atoms with Gasteiger partial charge in [0.05, 0.1) is 6.54 Å². The number of amides is 1. The van der Waals surface area contributed by atoms with Gasteiger partial charge in [0, 0.05) is 6.54 Å². The van der Waals surface area contributed by atoms with Crippen LogP contribution in [0.1, 0.15) is 18.4 Å². The molecular formula is C14H18ClFN2O3. The molecule has 0 radical (unpaired) electrons. The number of rotatable bonds is 5. The van der Waals surface area contributed by atoms with E-state index in [-0.39, 0.29) is 30.7 Å². The number of carbonyl (C=O) groups is 2. The van der Waals surface area contributed by atoms with Gasteiger partial charge in [0.1, 0.15) is 11.9 Å². The van der Waals surface area contributed by atoms with Gasteiger partial charge in [-0.2, -0.15) is 0 Å². The normalized spacial score (nSPS) is 18.0. The zero-order chi connectivity index (χ0) is 14.5. The fraction of sp³-hybridized carbons (Fsp3) is 0.429. The SMILES string of the molecule is Cl.O=C(CN1CCC[C@H]1C(=O)O)NCc1ccc(F)cc1. The highest BCUT2D eigenvalue weighted by Crippen LogP contribution is 2.16. The molecule has 21 heavy (non-hydrogen) atoms. The Labute approximate surface area is 128 Å². The molecule has 7 heteroatoms. The van der Waals surface area contributed by atoms with Crippen LogP contribution in [0.15, 0.2) is 24.3 Å². The monoisotopic (exact) mass is 316 g/mol. The fourth-order valence-corrected chi connectivity index (χ4v) is 2.34. The molecule has 1 heterocycles. The highest BCUT2D eigenvalue weighted by molar-refractivity contribution is 5.85. The standard InChI is InChI=1S/C14H17FN2O3.ClH/c15-11-5-3-10(4-6-11)8-16-13(18)9-17-7-1-2-12(17)14(19)20;/h3-6,12H,1-2,7-9H2,(H,16,18)(H,19,20);1H/t12-;/m0./s1. The maximum atomic E-state index is 12.7. The molecule has 0 saturated carbocycles. The predicted molar refractivity (Wildman–Crippen MR) is 77.7 cm³/mol. The van der Waals surface area contributed by atoms with Crippen LogP contribution in [0, 0.1) is 5.82 Å². The van der Waals surface area contributed by atoms with Crippen molar-refractivity contribution in [3.8, 4) is 0 Å². The Kier molecular flexibility index (Phi) is 6.58. The molecule has 0 aromatic heterocycles. The molecule has 1 aromatic carbocycles. The lowest BCUT2D eigenvalue weighted by molar-refractivity contribution is -0.142. The van der Waals surface area contributed by atoms with Crippen LogP contribution in [-0.2, 0) is 16.1 Å². The van der Waals surface area contributed by atoms with E-state index >= 15 is 0 Å². The van der Waals surface area contributed by atoms with Crippen molar-refractivity contribution in [1.82, 2.24) is 10.2 Å². The molecule has 0 spiro atoms. The van der Waals surface area contributed by atoms with Gasteiger partial charge in [0.15, 0.2) is 0 Å². The van der Waals surface area contributed by atoms with Gasteiger partial charge in [-0.3, -0.25) is 14.5 Å². The number of nitrogens with zero attached hydrogens (tertiary/aromatic N) is 1. The first-order valence-corrected chi connectivity index (χ1v) is 6.54. The van der Waals surface area contributed by atoms with Gasteiger partial charge in [-0.05, 0) is 37.1 Å². The van der Waals surface area contributed by atoms with Crippen molar-refractivity contribution >= 4 is 24.3 Å². The molecule has 1 atom stereocenters. The lowest BCUT2D eigenvalue weighted by atomic mass is 10.2. The Bertz CT molecular complexity index is 495. The number of nitrogens with one attached hydrogen (secondary N) is 1. The van der Waals surface area contributed by atoms with Crippen LogP contribution in [0.5, 0.6) is 0 Å². The summed E-state index contributed by atoms with van der Waals surface area (Å²) in [6.07, 6.45) is 1.38. The molecule has 1 fully saturated rings. The van der Waals surface area contributed by atoms with Crippen molar-refractivity contribution in [3.05, 3.63) is 35.6 Å². The number of likely N-dealkylation sites (tertiary alicyclic amines) is 1. The highest BCUT2D eigenvalue weighted by Gasteiger charge is 2.31. The Morgan fingerprint density at radius 1 is 1.33 bits per heavy atom. The number of carboxylic acids is 1. The Hall–Kier alpha value is -1.66. The molecule has 2 N–H and O–H groups in total. The average Bonchev–Trinajstić information content (AvgIpc) is 2.86. The van der Waals surface area contributed by atoms with Gasteiger partial charge < -0.3 is 10.4 Å². The summed E-state index contributed by atoms with van der Waals surface area (Å²) in [4.78, 5) is 24.5. The predicted octanol–water partition coefficient (Wildman–Crippen LogP) is 1.41. The summed E-state index contributed by atoms with van der Waals surface area (Å²) < 4.78 is 12.7. The highest BCUT2D eigenvalue weighted by atomic mass is 35.5. The maximum Gasteiger partial charge on any atom is 0.320 e. The van der Waals surface area contributed by atoms with Gasteiger partial charge in [0.25, 0.3) is 0 Å². The Balaban J connectivity index is 0.00000220. The Morgan fingerprint density at radius 3 is 2.62 bits per heavy atom.